The topological polar surface area (TPSA) is 56.7 Å². The summed E-state index contributed by atoms with van der Waals surface area (Å²) in [6.07, 6.45) is 0. The van der Waals surface area contributed by atoms with Crippen LogP contribution in [0.3, 0.4) is 0 Å². The fourth-order valence-electron chi connectivity index (χ4n) is 3.71. The van der Waals surface area contributed by atoms with Gasteiger partial charge in [0.15, 0.2) is 5.65 Å². The fourth-order valence-corrected chi connectivity index (χ4v) is 4.25. The lowest BCUT2D eigenvalue weighted by Gasteiger charge is -2.17. The number of rotatable bonds is 3. The molecule has 0 radical (unpaired) electrons. The van der Waals surface area contributed by atoms with Gasteiger partial charge in [-0.05, 0) is 65.8 Å². The lowest BCUT2D eigenvalue weighted by molar-refractivity contribution is 0.617. The van der Waals surface area contributed by atoms with Crippen LogP contribution in [0.2, 0.25) is 10.0 Å². The molecule has 5 aromatic rings. The van der Waals surface area contributed by atoms with Crippen LogP contribution in [0.4, 0.5) is 10.2 Å². The highest BCUT2D eigenvalue weighted by Crippen LogP contribution is 2.36. The van der Waals surface area contributed by atoms with E-state index in [2.05, 4.69) is 4.98 Å². The number of benzene rings is 3. The van der Waals surface area contributed by atoms with Gasteiger partial charge in [-0.1, -0.05) is 59.6 Å². The molecule has 33 heavy (non-hydrogen) atoms. The van der Waals surface area contributed by atoms with E-state index in [1.54, 1.807) is 42.5 Å². The number of nitrogen functional groups attached to an aromatic ring is 1. The molecule has 0 atom stereocenters. The van der Waals surface area contributed by atoms with Crippen molar-refractivity contribution in [2.75, 3.05) is 5.73 Å². The molecule has 0 amide bonds. The van der Waals surface area contributed by atoms with E-state index in [1.165, 1.54) is 10.6 Å². The first-order valence-electron chi connectivity index (χ1n) is 9.92. The third-order valence-electron chi connectivity index (χ3n) is 5.28. The van der Waals surface area contributed by atoms with E-state index in [0.29, 0.717) is 26.8 Å². The number of nitrogens with two attached hydrogens (primary N) is 1. The maximum Gasteiger partial charge on any atom is 0.207 e. The molecule has 0 saturated heterocycles. The standard InChI is InChI=1S/C25H15Cl2FN4S/c26-16-9-5-14(6-10-16)18-13-20(15-7-11-17(27)12-8-15)30-24-22(18)23(29)32(25(33)31-24)21-4-2-1-3-19(21)28/h1-13H,29H2. The number of aromatic nitrogens is 3. The quantitative estimate of drug-likeness (QED) is 0.264. The van der Waals surface area contributed by atoms with Gasteiger partial charge in [0.1, 0.15) is 11.6 Å². The minimum atomic E-state index is -0.458. The predicted octanol–water partition coefficient (Wildman–Crippen LogP) is 7.51. The Morgan fingerprint density at radius 3 is 2.06 bits per heavy atom. The molecule has 0 fully saturated rings. The summed E-state index contributed by atoms with van der Waals surface area (Å²) >= 11 is 17.7. The zero-order valence-electron chi connectivity index (χ0n) is 17.0. The summed E-state index contributed by atoms with van der Waals surface area (Å²) in [6, 6.07) is 22.9. The number of halogens is 3. The summed E-state index contributed by atoms with van der Waals surface area (Å²) in [5.74, 6) is -0.213. The molecule has 0 aliphatic carbocycles. The Kier molecular flexibility index (Phi) is 5.58. The molecule has 0 saturated carbocycles. The number of hydrogen-bond donors (Lipinski definition) is 1. The largest absolute Gasteiger partial charge is 0.384 e. The minimum absolute atomic E-state index is 0.105. The van der Waals surface area contributed by atoms with Gasteiger partial charge in [0.2, 0.25) is 4.77 Å². The molecule has 2 aromatic heterocycles. The third kappa shape index (κ3) is 3.97. The summed E-state index contributed by atoms with van der Waals surface area (Å²) in [5, 5.41) is 1.79. The zero-order chi connectivity index (χ0) is 23.1. The van der Waals surface area contributed by atoms with Gasteiger partial charge in [0.05, 0.1) is 16.8 Å². The normalized spacial score (nSPS) is 11.1. The number of para-hydroxylation sites is 1. The van der Waals surface area contributed by atoms with Crippen molar-refractivity contribution < 1.29 is 4.39 Å². The van der Waals surface area contributed by atoms with Gasteiger partial charge in [0, 0.05) is 15.6 Å². The first-order chi connectivity index (χ1) is 15.9. The smallest absolute Gasteiger partial charge is 0.207 e. The van der Waals surface area contributed by atoms with E-state index >= 15 is 0 Å². The van der Waals surface area contributed by atoms with Crippen molar-refractivity contribution >= 4 is 52.3 Å². The Hall–Kier alpha value is -3.32. The van der Waals surface area contributed by atoms with Crippen LogP contribution < -0.4 is 5.73 Å². The van der Waals surface area contributed by atoms with Crippen molar-refractivity contribution in [3.63, 3.8) is 0 Å². The van der Waals surface area contributed by atoms with Crippen LogP contribution in [-0.4, -0.2) is 14.5 Å². The summed E-state index contributed by atoms with van der Waals surface area (Å²) in [6.45, 7) is 0. The van der Waals surface area contributed by atoms with Crippen molar-refractivity contribution in [1.82, 2.24) is 14.5 Å². The maximum absolute atomic E-state index is 14.6. The van der Waals surface area contributed by atoms with Crippen LogP contribution in [0.25, 0.3) is 39.1 Å². The molecular weight excluding hydrogens is 478 g/mol. The van der Waals surface area contributed by atoms with Gasteiger partial charge >= 0.3 is 0 Å². The van der Waals surface area contributed by atoms with Crippen LogP contribution in [0.1, 0.15) is 0 Å². The number of fused-ring (bicyclic) bond motifs is 1. The fraction of sp³-hybridized carbons (Fsp3) is 0. The highest BCUT2D eigenvalue weighted by molar-refractivity contribution is 7.71. The lowest BCUT2D eigenvalue weighted by Crippen LogP contribution is -2.10. The van der Waals surface area contributed by atoms with Crippen molar-refractivity contribution in [2.24, 2.45) is 0 Å². The lowest BCUT2D eigenvalue weighted by atomic mass is 9.99. The molecule has 0 bridgehead atoms. The third-order valence-corrected chi connectivity index (χ3v) is 6.06. The number of anilines is 1. The Bertz CT molecular complexity index is 1570. The van der Waals surface area contributed by atoms with Crippen LogP contribution in [-0.2, 0) is 0 Å². The van der Waals surface area contributed by atoms with Crippen molar-refractivity contribution in [3.8, 4) is 28.1 Å². The van der Waals surface area contributed by atoms with Crippen molar-refractivity contribution in [1.29, 1.82) is 0 Å². The van der Waals surface area contributed by atoms with Gasteiger partial charge in [-0.15, -0.1) is 0 Å². The number of pyridine rings is 1. The number of nitrogens with zero attached hydrogens (tertiary/aromatic N) is 3. The highest BCUT2D eigenvalue weighted by Gasteiger charge is 2.18. The van der Waals surface area contributed by atoms with E-state index in [1.807, 2.05) is 30.3 Å². The summed E-state index contributed by atoms with van der Waals surface area (Å²) in [4.78, 5) is 9.25. The van der Waals surface area contributed by atoms with Gasteiger partial charge in [0.25, 0.3) is 0 Å². The molecule has 0 aliphatic rings. The molecule has 0 aliphatic heterocycles. The average Bonchev–Trinajstić information content (AvgIpc) is 2.80. The monoisotopic (exact) mass is 492 g/mol. The molecule has 4 nitrogen and oxygen atoms in total. The Morgan fingerprint density at radius 2 is 1.42 bits per heavy atom. The van der Waals surface area contributed by atoms with Crippen molar-refractivity contribution in [2.45, 2.75) is 0 Å². The first-order valence-corrected chi connectivity index (χ1v) is 11.1. The Labute approximate surface area is 204 Å². The molecular formula is C25H15Cl2FN4S. The summed E-state index contributed by atoms with van der Waals surface area (Å²) < 4.78 is 16.2. The molecule has 8 heteroatoms. The van der Waals surface area contributed by atoms with E-state index < -0.39 is 5.82 Å². The molecule has 162 valence electrons. The first kappa shape index (κ1) is 21.5. The maximum atomic E-state index is 14.6. The van der Waals surface area contributed by atoms with Crippen LogP contribution in [0.5, 0.6) is 0 Å². The van der Waals surface area contributed by atoms with E-state index in [0.717, 1.165) is 16.7 Å². The van der Waals surface area contributed by atoms with Crippen LogP contribution in [0.15, 0.2) is 78.9 Å². The average molecular weight is 493 g/mol. The van der Waals surface area contributed by atoms with Crippen LogP contribution in [0, 0.1) is 10.6 Å². The Morgan fingerprint density at radius 1 is 0.818 bits per heavy atom. The number of hydrogen-bond acceptors (Lipinski definition) is 4. The molecule has 3 aromatic carbocycles. The minimum Gasteiger partial charge on any atom is -0.384 e. The van der Waals surface area contributed by atoms with E-state index in [-0.39, 0.29) is 16.3 Å². The predicted molar refractivity (Wildman–Crippen MR) is 135 cm³/mol. The van der Waals surface area contributed by atoms with E-state index in [4.69, 9.17) is 46.1 Å². The molecule has 2 heterocycles. The van der Waals surface area contributed by atoms with Crippen LogP contribution >= 0.6 is 35.4 Å². The van der Waals surface area contributed by atoms with Gasteiger partial charge < -0.3 is 5.73 Å². The SMILES string of the molecule is Nc1c2c(-c3ccc(Cl)cc3)cc(-c3ccc(Cl)cc3)nc2nc(=S)n1-c1ccccc1F. The highest BCUT2D eigenvalue weighted by atomic mass is 35.5. The van der Waals surface area contributed by atoms with Gasteiger partial charge in [-0.25, -0.2) is 9.37 Å². The summed E-state index contributed by atoms with van der Waals surface area (Å²) in [7, 11) is 0. The second kappa shape index (κ2) is 8.56. The molecule has 5 rings (SSSR count). The van der Waals surface area contributed by atoms with Gasteiger partial charge in [-0.3, -0.25) is 4.57 Å². The Balaban J connectivity index is 1.87. The van der Waals surface area contributed by atoms with E-state index in [9.17, 15) is 4.39 Å². The second-order valence-corrected chi connectivity index (χ2v) is 8.57. The second-order valence-electron chi connectivity index (χ2n) is 7.33. The molecule has 2 N–H and O–H groups in total. The zero-order valence-corrected chi connectivity index (χ0v) is 19.3. The summed E-state index contributed by atoms with van der Waals surface area (Å²) in [5.41, 5.74) is 10.3. The molecule has 0 unspecified atom stereocenters. The molecule has 0 spiro atoms. The van der Waals surface area contributed by atoms with Gasteiger partial charge in [-0.2, -0.15) is 4.98 Å². The van der Waals surface area contributed by atoms with Crippen molar-refractivity contribution in [3.05, 3.63) is 99.5 Å².